The zero-order valence-corrected chi connectivity index (χ0v) is 23.8. The second-order valence-corrected chi connectivity index (χ2v) is 12.0. The summed E-state index contributed by atoms with van der Waals surface area (Å²) in [4.78, 5) is 31.2. The van der Waals surface area contributed by atoms with Crippen LogP contribution in [0.25, 0.3) is 0 Å². The van der Waals surface area contributed by atoms with Crippen LogP contribution in [0.5, 0.6) is 0 Å². The van der Waals surface area contributed by atoms with Gasteiger partial charge in [0.05, 0.1) is 36.4 Å². The van der Waals surface area contributed by atoms with E-state index in [1.54, 1.807) is 0 Å². The first-order valence-electron chi connectivity index (χ1n) is 13.9. The van der Waals surface area contributed by atoms with Gasteiger partial charge in [-0.3, -0.25) is 14.6 Å². The molecule has 1 aromatic carbocycles. The molecule has 10 nitrogen and oxygen atoms in total. The van der Waals surface area contributed by atoms with Crippen LogP contribution in [-0.4, -0.2) is 95.6 Å². The van der Waals surface area contributed by atoms with Crippen molar-refractivity contribution in [3.05, 3.63) is 47.7 Å². The van der Waals surface area contributed by atoms with Crippen molar-refractivity contribution in [1.82, 2.24) is 10.2 Å². The fourth-order valence-corrected chi connectivity index (χ4v) is 5.85. The molecule has 2 unspecified atom stereocenters. The molecule has 1 amide bonds. The summed E-state index contributed by atoms with van der Waals surface area (Å²) in [7, 11) is 0. The van der Waals surface area contributed by atoms with Gasteiger partial charge < -0.3 is 20.5 Å². The molecule has 0 bridgehead atoms. The van der Waals surface area contributed by atoms with E-state index in [2.05, 4.69) is 15.4 Å². The van der Waals surface area contributed by atoms with Crippen molar-refractivity contribution >= 4 is 23.1 Å². The molecular formula is C28H34F5N6O4+. The number of aliphatic imine (C=N–C) groups is 1. The molecule has 1 aromatic rings. The van der Waals surface area contributed by atoms with Gasteiger partial charge in [-0.2, -0.15) is 17.8 Å². The number of nitrogens with zero attached hydrogens (tertiary/aromatic N) is 4. The van der Waals surface area contributed by atoms with E-state index in [0.717, 1.165) is 12.1 Å². The predicted octanol–water partition coefficient (Wildman–Crippen LogP) is 2.39. The van der Waals surface area contributed by atoms with Gasteiger partial charge in [0.2, 0.25) is 18.3 Å². The largest absolute Gasteiger partial charge is 0.440 e. The Labute approximate surface area is 245 Å². The monoisotopic (exact) mass is 613 g/mol. The lowest BCUT2D eigenvalue weighted by Crippen LogP contribution is -2.65. The highest BCUT2D eigenvalue weighted by molar-refractivity contribution is 6.41. The number of epoxide rings is 1. The lowest BCUT2D eigenvalue weighted by Gasteiger charge is -2.43. The van der Waals surface area contributed by atoms with E-state index in [4.69, 9.17) is 15.2 Å². The summed E-state index contributed by atoms with van der Waals surface area (Å²) in [6, 6.07) is 2.43. The van der Waals surface area contributed by atoms with Gasteiger partial charge in [0.15, 0.2) is 5.78 Å². The summed E-state index contributed by atoms with van der Waals surface area (Å²) in [6.07, 6.45) is -1.33. The lowest BCUT2D eigenvalue weighted by molar-refractivity contribution is -0.932. The average Bonchev–Trinajstić information content (AvgIpc) is 3.58. The van der Waals surface area contributed by atoms with Gasteiger partial charge in [-0.05, 0) is 19.9 Å². The van der Waals surface area contributed by atoms with Gasteiger partial charge >= 0.3 is 6.18 Å². The number of hydrogen-bond donors (Lipinski definition) is 2. The summed E-state index contributed by atoms with van der Waals surface area (Å²) in [6.45, 7) is 1.34. The number of rotatable bonds is 10. The molecule has 0 saturated carbocycles. The molecule has 15 heteroatoms. The molecular weight excluding hydrogens is 579 g/mol. The van der Waals surface area contributed by atoms with Crippen LogP contribution in [0.1, 0.15) is 32.3 Å². The number of amides is 1. The number of piperidine rings is 1. The number of halogens is 5. The van der Waals surface area contributed by atoms with E-state index in [1.807, 2.05) is 4.90 Å². The van der Waals surface area contributed by atoms with Crippen molar-refractivity contribution in [3.8, 4) is 0 Å². The van der Waals surface area contributed by atoms with Gasteiger partial charge in [-0.15, -0.1) is 0 Å². The summed E-state index contributed by atoms with van der Waals surface area (Å²) in [5, 5.41) is 7.40. The number of carbonyl (C=O) groups excluding carboxylic acids is 2. The number of likely N-dealkylation sites (tertiary alicyclic amines) is 1. The third-order valence-electron chi connectivity index (χ3n) is 7.99. The highest BCUT2D eigenvalue weighted by Gasteiger charge is 2.61. The Morgan fingerprint density at radius 1 is 1.30 bits per heavy atom. The van der Waals surface area contributed by atoms with Crippen LogP contribution in [0, 0.1) is 17.6 Å². The molecule has 0 radical (unpaired) electrons. The van der Waals surface area contributed by atoms with Gasteiger partial charge in [-0.1, -0.05) is 17.2 Å². The number of fused-ring (bicyclic) bond motifs is 1. The third-order valence-corrected chi connectivity index (χ3v) is 7.99. The van der Waals surface area contributed by atoms with Gasteiger partial charge in [-0.25, -0.2) is 13.7 Å². The molecule has 2 fully saturated rings. The SMILES string of the molecule is CC(C)(N)C(=O)N[C@@]1(N2CCC3=N[N+](CC4=NC=CCC4=O)(CC(F)(F)F)C[C@@H]3C2COCc2ccc(F)cc2F)CO1. The molecule has 0 spiro atoms. The summed E-state index contributed by atoms with van der Waals surface area (Å²) < 4.78 is 80.4. The second-order valence-electron chi connectivity index (χ2n) is 12.0. The first kappa shape index (κ1) is 31.3. The van der Waals surface area contributed by atoms with Crippen molar-refractivity contribution in [2.75, 3.05) is 39.4 Å². The fraction of sp³-hybridized carbons (Fsp3) is 0.571. The summed E-state index contributed by atoms with van der Waals surface area (Å²) in [5.41, 5.74) is 5.38. The Morgan fingerprint density at radius 2 is 2.05 bits per heavy atom. The Morgan fingerprint density at radius 3 is 2.67 bits per heavy atom. The summed E-state index contributed by atoms with van der Waals surface area (Å²) in [5.74, 6) is -4.24. The van der Waals surface area contributed by atoms with Crippen LogP contribution in [0.15, 0.2) is 40.6 Å². The maximum absolute atomic E-state index is 14.3. The van der Waals surface area contributed by atoms with Crippen LogP contribution < -0.4 is 11.1 Å². The van der Waals surface area contributed by atoms with Crippen molar-refractivity contribution in [2.45, 2.75) is 56.9 Å². The number of hydrogen-bond acceptors (Lipinski definition) is 8. The zero-order valence-electron chi connectivity index (χ0n) is 23.8. The topological polar surface area (TPSA) is 122 Å². The minimum absolute atomic E-state index is 0.0191. The number of Topliss-reactive ketones (excluding diaryl/α,β-unsaturated/α-hetero) is 1. The van der Waals surface area contributed by atoms with Gasteiger partial charge in [0.1, 0.15) is 37.0 Å². The van der Waals surface area contributed by atoms with Crippen LogP contribution in [0.3, 0.4) is 0 Å². The normalized spacial score (nSPS) is 29.3. The molecule has 5 rings (SSSR count). The van der Waals surface area contributed by atoms with E-state index in [9.17, 15) is 31.5 Å². The molecule has 0 aromatic heterocycles. The highest BCUT2D eigenvalue weighted by atomic mass is 19.4. The number of carbonyl (C=O) groups is 2. The number of allylic oxidation sites excluding steroid dienone is 1. The minimum atomic E-state index is -4.60. The van der Waals surface area contributed by atoms with Crippen LogP contribution in [-0.2, 0) is 25.7 Å². The molecule has 4 aliphatic rings. The molecule has 4 heterocycles. The summed E-state index contributed by atoms with van der Waals surface area (Å²) >= 11 is 0. The van der Waals surface area contributed by atoms with E-state index in [1.165, 1.54) is 32.2 Å². The number of nitrogens with one attached hydrogen (secondary N) is 1. The number of nitrogens with two attached hydrogens (primary N) is 1. The van der Waals surface area contributed by atoms with Crippen molar-refractivity contribution in [2.24, 2.45) is 21.7 Å². The van der Waals surface area contributed by atoms with E-state index >= 15 is 0 Å². The number of ether oxygens (including phenoxy) is 2. The maximum Gasteiger partial charge on any atom is 0.440 e. The molecule has 4 aliphatic heterocycles. The molecule has 2 saturated heterocycles. The number of alkyl halides is 3. The van der Waals surface area contributed by atoms with Gasteiger partial charge in [0, 0.05) is 37.2 Å². The van der Waals surface area contributed by atoms with Crippen molar-refractivity contribution in [1.29, 1.82) is 0 Å². The highest BCUT2D eigenvalue weighted by Crippen LogP contribution is 2.41. The van der Waals surface area contributed by atoms with Crippen LogP contribution >= 0.6 is 0 Å². The number of quaternary nitrogens is 1. The van der Waals surface area contributed by atoms with E-state index in [0.29, 0.717) is 5.71 Å². The predicted molar refractivity (Wildman–Crippen MR) is 144 cm³/mol. The Balaban J connectivity index is 1.44. The van der Waals surface area contributed by atoms with E-state index in [-0.39, 0.29) is 69.4 Å². The fourth-order valence-electron chi connectivity index (χ4n) is 5.85. The van der Waals surface area contributed by atoms with Crippen molar-refractivity contribution in [3.63, 3.8) is 0 Å². The average molecular weight is 614 g/mol. The standard InChI is InChI=1S/C28H33F5N6O4/c1-26(2,34)25(41)36-28(16-43-28)38-9-7-21-19(23(38)14-42-13-17-5-6-18(29)10-20(17)30)11-39(37-21,15-27(31,32)33)12-22-24(40)4-3-8-35-22/h3,5-6,8,10,19,23H,4,7,9,11-16,34H2,1-2H3/p+1/t19-,23?,28+,39?/m0/s1. The molecule has 0 aliphatic carbocycles. The van der Waals surface area contributed by atoms with Gasteiger partial charge in [0.25, 0.3) is 0 Å². The Kier molecular flexibility index (Phi) is 8.33. The van der Waals surface area contributed by atoms with Crippen molar-refractivity contribution < 1.29 is 45.6 Å². The quantitative estimate of drug-likeness (QED) is 0.238. The zero-order chi connectivity index (χ0) is 31.2. The smallest absolute Gasteiger partial charge is 0.375 e. The Hall–Kier alpha value is -3.11. The lowest BCUT2D eigenvalue weighted by atomic mass is 9.87. The maximum atomic E-state index is 14.3. The second kappa shape index (κ2) is 11.4. The molecule has 234 valence electrons. The number of ketones is 1. The Bertz CT molecular complexity index is 1370. The first-order valence-corrected chi connectivity index (χ1v) is 13.9. The molecule has 4 atom stereocenters. The molecule has 3 N–H and O–H groups in total. The molecule has 43 heavy (non-hydrogen) atoms. The number of benzene rings is 1. The first-order chi connectivity index (χ1) is 20.1. The minimum Gasteiger partial charge on any atom is -0.375 e. The van der Waals surface area contributed by atoms with Crippen LogP contribution in [0.4, 0.5) is 22.0 Å². The van der Waals surface area contributed by atoms with Crippen LogP contribution in [0.2, 0.25) is 0 Å². The van der Waals surface area contributed by atoms with E-state index < -0.39 is 58.2 Å². The third kappa shape index (κ3) is 7.01.